The van der Waals surface area contributed by atoms with E-state index in [0.717, 1.165) is 41.9 Å². The number of carbonyl (C=O) groups excluding carboxylic acids is 3. The Morgan fingerprint density at radius 1 is 1.28 bits per heavy atom. The van der Waals surface area contributed by atoms with Gasteiger partial charge in [0.25, 0.3) is 5.91 Å². The third-order valence-corrected chi connectivity index (χ3v) is 5.76. The molecule has 1 aromatic heterocycles. The number of amides is 4. The summed E-state index contributed by atoms with van der Waals surface area (Å²) >= 11 is 1.29. The molecule has 1 aliphatic rings. The lowest BCUT2D eigenvalue weighted by Crippen LogP contribution is -2.45. The average molecular weight is 416 g/mol. The van der Waals surface area contributed by atoms with Crippen molar-refractivity contribution in [1.82, 2.24) is 16.0 Å². The predicted molar refractivity (Wildman–Crippen MR) is 114 cm³/mol. The number of urea groups is 1. The van der Waals surface area contributed by atoms with Crippen LogP contribution in [-0.4, -0.2) is 37.0 Å². The fourth-order valence-corrected chi connectivity index (χ4v) is 4.23. The first-order valence-electron chi connectivity index (χ1n) is 9.48. The molecular weight excluding hydrogens is 390 g/mol. The zero-order chi connectivity index (χ0) is 20.8. The number of primary amides is 1. The lowest BCUT2D eigenvalue weighted by Gasteiger charge is -2.23. The van der Waals surface area contributed by atoms with Gasteiger partial charge in [-0.1, -0.05) is 18.2 Å². The van der Waals surface area contributed by atoms with Crippen molar-refractivity contribution in [3.8, 4) is 10.4 Å². The first-order valence-corrected chi connectivity index (χ1v) is 10.3. The lowest BCUT2D eigenvalue weighted by molar-refractivity contribution is -0.119. The number of piperidine rings is 1. The molecule has 0 bridgehead atoms. The summed E-state index contributed by atoms with van der Waals surface area (Å²) < 4.78 is 0. The molecule has 8 nitrogen and oxygen atoms in total. The minimum atomic E-state index is -0.720. The quantitative estimate of drug-likeness (QED) is 0.495. The van der Waals surface area contributed by atoms with E-state index in [0.29, 0.717) is 17.1 Å². The highest BCUT2D eigenvalue weighted by molar-refractivity contribution is 7.18. The molecule has 1 atom stereocenters. The standard InChI is InChI=1S/C20H25N5O3S/c1-12(26)23-10-13-4-2-5-14(8-13)17-9-16(25-20(21)28)18(29-17)19(27)24-15-6-3-7-22-11-15/h2,4-5,8-9,15,22H,3,6-7,10-11H2,1H3,(H,23,26)(H,24,27)(H3,21,25,28)/t15-/m0/s1. The smallest absolute Gasteiger partial charge is 0.316 e. The Bertz CT molecular complexity index is 905. The number of nitrogens with two attached hydrogens (primary N) is 1. The molecule has 1 aliphatic heterocycles. The monoisotopic (exact) mass is 415 g/mol. The molecule has 2 aromatic rings. The number of hydrogen-bond donors (Lipinski definition) is 5. The van der Waals surface area contributed by atoms with Gasteiger partial charge < -0.3 is 27.0 Å². The molecule has 6 N–H and O–H groups in total. The number of thiophene rings is 1. The molecule has 1 saturated heterocycles. The molecule has 0 aliphatic carbocycles. The SMILES string of the molecule is CC(=O)NCc1cccc(-c2cc(NC(N)=O)c(C(=O)N[C@H]3CCCNC3)s2)c1. The normalized spacial score (nSPS) is 16.1. The van der Waals surface area contributed by atoms with E-state index in [9.17, 15) is 14.4 Å². The van der Waals surface area contributed by atoms with Crippen molar-refractivity contribution in [3.63, 3.8) is 0 Å². The zero-order valence-electron chi connectivity index (χ0n) is 16.2. The van der Waals surface area contributed by atoms with E-state index in [1.807, 2.05) is 24.3 Å². The Morgan fingerprint density at radius 3 is 2.79 bits per heavy atom. The summed E-state index contributed by atoms with van der Waals surface area (Å²) in [5, 5.41) is 11.6. The topological polar surface area (TPSA) is 125 Å². The highest BCUT2D eigenvalue weighted by Crippen LogP contribution is 2.35. The van der Waals surface area contributed by atoms with E-state index in [4.69, 9.17) is 5.73 Å². The van der Waals surface area contributed by atoms with Crippen molar-refractivity contribution in [2.24, 2.45) is 5.73 Å². The summed E-state index contributed by atoms with van der Waals surface area (Å²) in [6.45, 7) is 3.58. The summed E-state index contributed by atoms with van der Waals surface area (Å²) in [5.41, 5.74) is 7.52. The van der Waals surface area contributed by atoms with Gasteiger partial charge >= 0.3 is 6.03 Å². The predicted octanol–water partition coefficient (Wildman–Crippen LogP) is 2.02. The van der Waals surface area contributed by atoms with Crippen LogP contribution in [0.2, 0.25) is 0 Å². The molecule has 1 aromatic carbocycles. The number of nitrogens with one attached hydrogen (secondary N) is 4. The van der Waals surface area contributed by atoms with Crippen LogP contribution in [0.25, 0.3) is 10.4 Å². The Morgan fingerprint density at radius 2 is 2.10 bits per heavy atom. The fraction of sp³-hybridized carbons (Fsp3) is 0.350. The van der Waals surface area contributed by atoms with E-state index in [1.54, 1.807) is 6.07 Å². The Labute approximate surface area is 173 Å². The van der Waals surface area contributed by atoms with Crippen molar-refractivity contribution in [2.45, 2.75) is 32.4 Å². The number of hydrogen-bond acceptors (Lipinski definition) is 5. The van der Waals surface area contributed by atoms with E-state index >= 15 is 0 Å². The molecule has 154 valence electrons. The van der Waals surface area contributed by atoms with Crippen LogP contribution in [0, 0.1) is 0 Å². The number of benzene rings is 1. The molecular formula is C20H25N5O3S. The molecule has 1 fully saturated rings. The Balaban J connectivity index is 1.84. The van der Waals surface area contributed by atoms with Crippen LogP contribution < -0.4 is 27.0 Å². The van der Waals surface area contributed by atoms with Crippen LogP contribution in [-0.2, 0) is 11.3 Å². The maximum atomic E-state index is 12.8. The highest BCUT2D eigenvalue weighted by Gasteiger charge is 2.22. The van der Waals surface area contributed by atoms with Crippen LogP contribution in [0.5, 0.6) is 0 Å². The fourth-order valence-electron chi connectivity index (χ4n) is 3.21. The lowest BCUT2D eigenvalue weighted by atomic mass is 10.1. The first-order chi connectivity index (χ1) is 13.9. The van der Waals surface area contributed by atoms with Gasteiger partial charge in [-0.15, -0.1) is 11.3 Å². The van der Waals surface area contributed by atoms with E-state index < -0.39 is 6.03 Å². The van der Waals surface area contributed by atoms with Crippen molar-refractivity contribution in [3.05, 3.63) is 40.8 Å². The van der Waals surface area contributed by atoms with Crippen LogP contribution in [0.1, 0.15) is 35.0 Å². The van der Waals surface area contributed by atoms with Crippen LogP contribution in [0.4, 0.5) is 10.5 Å². The maximum absolute atomic E-state index is 12.8. The maximum Gasteiger partial charge on any atom is 0.316 e. The molecule has 0 saturated carbocycles. The molecule has 9 heteroatoms. The van der Waals surface area contributed by atoms with E-state index in [-0.39, 0.29) is 17.9 Å². The van der Waals surface area contributed by atoms with Crippen LogP contribution in [0.15, 0.2) is 30.3 Å². The van der Waals surface area contributed by atoms with Gasteiger partial charge in [0.15, 0.2) is 0 Å². The van der Waals surface area contributed by atoms with Crippen molar-refractivity contribution >= 4 is 34.9 Å². The molecule has 0 spiro atoms. The molecule has 2 heterocycles. The van der Waals surface area contributed by atoms with Crippen molar-refractivity contribution < 1.29 is 14.4 Å². The number of carbonyl (C=O) groups is 3. The minimum Gasteiger partial charge on any atom is -0.352 e. The van der Waals surface area contributed by atoms with E-state index in [2.05, 4.69) is 21.3 Å². The summed E-state index contributed by atoms with van der Waals surface area (Å²) in [6.07, 6.45) is 1.93. The van der Waals surface area contributed by atoms with Gasteiger partial charge in [-0.05, 0) is 42.6 Å². The van der Waals surface area contributed by atoms with Gasteiger partial charge in [0.1, 0.15) is 4.88 Å². The summed E-state index contributed by atoms with van der Waals surface area (Å²) in [6, 6.07) is 8.76. The Hall–Kier alpha value is -2.91. The van der Waals surface area contributed by atoms with Gasteiger partial charge in [-0.2, -0.15) is 0 Å². The number of rotatable bonds is 6. The largest absolute Gasteiger partial charge is 0.352 e. The Kier molecular flexibility index (Phi) is 6.84. The molecule has 4 amide bonds. The first kappa shape index (κ1) is 20.8. The second-order valence-corrected chi connectivity index (χ2v) is 8.02. The second-order valence-electron chi connectivity index (χ2n) is 6.97. The van der Waals surface area contributed by atoms with Gasteiger partial charge in [0.05, 0.1) is 5.69 Å². The van der Waals surface area contributed by atoms with Crippen molar-refractivity contribution in [2.75, 3.05) is 18.4 Å². The minimum absolute atomic E-state index is 0.0595. The zero-order valence-corrected chi connectivity index (χ0v) is 17.0. The second kappa shape index (κ2) is 9.53. The summed E-state index contributed by atoms with van der Waals surface area (Å²) in [7, 11) is 0. The van der Waals surface area contributed by atoms with Gasteiger partial charge in [0, 0.05) is 30.9 Å². The molecule has 3 rings (SSSR count). The molecule has 0 radical (unpaired) electrons. The van der Waals surface area contributed by atoms with E-state index in [1.165, 1.54) is 18.3 Å². The summed E-state index contributed by atoms with van der Waals surface area (Å²) in [5.74, 6) is -0.330. The average Bonchev–Trinajstić information content (AvgIpc) is 3.10. The third-order valence-electron chi connectivity index (χ3n) is 4.58. The van der Waals surface area contributed by atoms with Crippen molar-refractivity contribution in [1.29, 1.82) is 0 Å². The third kappa shape index (κ3) is 5.78. The van der Waals surface area contributed by atoms with Gasteiger partial charge in [0.2, 0.25) is 5.91 Å². The highest BCUT2D eigenvalue weighted by atomic mass is 32.1. The van der Waals surface area contributed by atoms with Gasteiger partial charge in [-0.25, -0.2) is 4.79 Å². The molecule has 0 unspecified atom stereocenters. The van der Waals surface area contributed by atoms with Crippen LogP contribution in [0.3, 0.4) is 0 Å². The van der Waals surface area contributed by atoms with Crippen LogP contribution >= 0.6 is 11.3 Å². The summed E-state index contributed by atoms with van der Waals surface area (Å²) in [4.78, 5) is 36.6. The number of anilines is 1. The molecule has 29 heavy (non-hydrogen) atoms. The van der Waals surface area contributed by atoms with Gasteiger partial charge in [-0.3, -0.25) is 9.59 Å².